The molecule has 1 aromatic heterocycles. The van der Waals surface area contributed by atoms with Crippen LogP contribution in [0.5, 0.6) is 0 Å². The van der Waals surface area contributed by atoms with Crippen LogP contribution >= 0.6 is 11.3 Å². The maximum Gasteiger partial charge on any atom is 0.326 e. The molecule has 13 nitrogen and oxygen atoms in total. The van der Waals surface area contributed by atoms with Crippen molar-refractivity contribution in [1.82, 2.24) is 20.9 Å². The summed E-state index contributed by atoms with van der Waals surface area (Å²) in [5, 5.41) is 23.2. The van der Waals surface area contributed by atoms with E-state index in [1.807, 2.05) is 30.3 Å². The number of benzene rings is 2. The standard InChI is InChI=1S/C25H27N7O6S/c26-11-15-6-8-17(9-7-15)29-20(33)10-18(23(36)37)30-21(34)13-27-22(35)19-14-39-25(31-19)32-24(38)28-12-16-4-2-1-3-5-16/h1-9,14,18H,10-13,26H2,(H,27,35)(H,29,33)(H,30,34)(H,36,37)(H2,28,31,32,38)/t18-/m0/s1. The number of nitrogens with one attached hydrogen (secondary N) is 5. The van der Waals surface area contributed by atoms with E-state index in [2.05, 4.69) is 31.6 Å². The highest BCUT2D eigenvalue weighted by molar-refractivity contribution is 7.14. The summed E-state index contributed by atoms with van der Waals surface area (Å²) < 4.78 is 0. The van der Waals surface area contributed by atoms with Gasteiger partial charge in [0, 0.05) is 24.2 Å². The Morgan fingerprint density at radius 2 is 1.62 bits per heavy atom. The first-order valence-electron chi connectivity index (χ1n) is 11.7. The van der Waals surface area contributed by atoms with Crippen LogP contribution in [0.2, 0.25) is 0 Å². The number of carbonyl (C=O) groups is 5. The number of rotatable bonds is 12. The molecule has 14 heteroatoms. The van der Waals surface area contributed by atoms with E-state index in [-0.39, 0.29) is 10.8 Å². The Labute approximate surface area is 227 Å². The summed E-state index contributed by atoms with van der Waals surface area (Å²) in [5.74, 6) is -3.55. The third-order valence-electron chi connectivity index (χ3n) is 5.16. The van der Waals surface area contributed by atoms with Crippen molar-refractivity contribution in [3.63, 3.8) is 0 Å². The van der Waals surface area contributed by atoms with Crippen molar-refractivity contribution in [3.05, 3.63) is 76.8 Å². The van der Waals surface area contributed by atoms with Crippen LogP contribution in [0, 0.1) is 0 Å². The van der Waals surface area contributed by atoms with Crippen LogP contribution in [0.4, 0.5) is 15.6 Å². The number of thiazole rings is 1. The topological polar surface area (TPSA) is 205 Å². The fourth-order valence-electron chi connectivity index (χ4n) is 3.17. The minimum atomic E-state index is -1.51. The van der Waals surface area contributed by atoms with Gasteiger partial charge in [-0.3, -0.25) is 19.7 Å². The number of hydrogen-bond acceptors (Lipinski definition) is 8. The average molecular weight is 554 g/mol. The Bertz CT molecular complexity index is 1310. The third kappa shape index (κ3) is 9.53. The zero-order valence-electron chi connectivity index (χ0n) is 20.6. The Morgan fingerprint density at radius 3 is 2.28 bits per heavy atom. The van der Waals surface area contributed by atoms with Crippen molar-refractivity contribution in [2.45, 2.75) is 25.6 Å². The van der Waals surface area contributed by atoms with Crippen molar-refractivity contribution in [2.75, 3.05) is 17.2 Å². The minimum absolute atomic E-state index is 0.0408. The van der Waals surface area contributed by atoms with Gasteiger partial charge in [0.05, 0.1) is 13.0 Å². The molecule has 0 unspecified atom stereocenters. The second-order valence-corrected chi connectivity index (χ2v) is 8.98. The van der Waals surface area contributed by atoms with Gasteiger partial charge in [-0.2, -0.15) is 0 Å². The first kappa shape index (κ1) is 28.7. The quantitative estimate of drug-likeness (QED) is 0.173. The van der Waals surface area contributed by atoms with Gasteiger partial charge in [0.25, 0.3) is 5.91 Å². The molecule has 3 rings (SSSR count). The molecule has 8 N–H and O–H groups in total. The summed E-state index contributed by atoms with van der Waals surface area (Å²) in [5.41, 5.74) is 7.71. The number of nitrogens with zero attached hydrogens (tertiary/aromatic N) is 1. The Kier molecular flexibility index (Phi) is 10.5. The molecule has 0 saturated heterocycles. The maximum absolute atomic E-state index is 12.3. The normalized spacial score (nSPS) is 11.1. The predicted octanol–water partition coefficient (Wildman–Crippen LogP) is 1.25. The molecule has 5 amide bonds. The minimum Gasteiger partial charge on any atom is -0.480 e. The van der Waals surface area contributed by atoms with Crippen molar-refractivity contribution in [3.8, 4) is 0 Å². The lowest BCUT2D eigenvalue weighted by atomic mass is 10.1. The number of anilines is 2. The average Bonchev–Trinajstić information content (AvgIpc) is 3.39. The molecule has 0 aliphatic carbocycles. The van der Waals surface area contributed by atoms with E-state index >= 15 is 0 Å². The molecule has 0 aliphatic rings. The summed E-state index contributed by atoms with van der Waals surface area (Å²) in [6.07, 6.45) is -0.527. The van der Waals surface area contributed by atoms with E-state index in [0.29, 0.717) is 18.8 Å². The fraction of sp³-hybridized carbons (Fsp3) is 0.200. The molecule has 0 radical (unpaired) electrons. The number of carbonyl (C=O) groups excluding carboxylic acids is 4. The summed E-state index contributed by atoms with van der Waals surface area (Å²) in [6, 6.07) is 14.0. The molecule has 0 spiro atoms. The molecule has 3 aromatic rings. The van der Waals surface area contributed by atoms with Crippen LogP contribution in [0.25, 0.3) is 0 Å². The first-order valence-corrected chi connectivity index (χ1v) is 12.5. The van der Waals surface area contributed by atoms with Crippen LogP contribution in [0.1, 0.15) is 28.0 Å². The largest absolute Gasteiger partial charge is 0.480 e. The number of hydrogen-bond donors (Lipinski definition) is 7. The second kappa shape index (κ2) is 14.2. The number of carboxylic acid groups (broad SMARTS) is 1. The molecule has 204 valence electrons. The summed E-state index contributed by atoms with van der Waals surface area (Å²) >= 11 is 1.01. The van der Waals surface area contributed by atoms with Gasteiger partial charge < -0.3 is 32.1 Å². The summed E-state index contributed by atoms with van der Waals surface area (Å²) in [6.45, 7) is 0.0920. The molecular formula is C25H27N7O6S. The molecule has 0 aliphatic heterocycles. The Balaban J connectivity index is 1.42. The highest BCUT2D eigenvalue weighted by Crippen LogP contribution is 2.15. The van der Waals surface area contributed by atoms with E-state index in [0.717, 1.165) is 22.5 Å². The van der Waals surface area contributed by atoms with Gasteiger partial charge in [-0.1, -0.05) is 42.5 Å². The smallest absolute Gasteiger partial charge is 0.326 e. The zero-order valence-corrected chi connectivity index (χ0v) is 21.4. The molecule has 1 atom stereocenters. The molecule has 0 saturated carbocycles. The summed E-state index contributed by atoms with van der Waals surface area (Å²) in [4.78, 5) is 64.4. The molecule has 1 heterocycles. The van der Waals surface area contributed by atoms with Crippen LogP contribution in [0.3, 0.4) is 0 Å². The Morgan fingerprint density at radius 1 is 0.897 bits per heavy atom. The molecule has 0 fully saturated rings. The van der Waals surface area contributed by atoms with Crippen molar-refractivity contribution >= 4 is 51.9 Å². The molecular weight excluding hydrogens is 526 g/mol. The summed E-state index contributed by atoms with van der Waals surface area (Å²) in [7, 11) is 0. The van der Waals surface area contributed by atoms with E-state index in [9.17, 15) is 29.1 Å². The lowest BCUT2D eigenvalue weighted by molar-refractivity contribution is -0.143. The second-order valence-electron chi connectivity index (χ2n) is 8.13. The number of urea groups is 1. The number of aromatic nitrogens is 1. The van der Waals surface area contributed by atoms with E-state index in [4.69, 9.17) is 5.73 Å². The van der Waals surface area contributed by atoms with Gasteiger partial charge >= 0.3 is 12.0 Å². The molecule has 0 bridgehead atoms. The van der Waals surface area contributed by atoms with E-state index in [1.165, 1.54) is 5.38 Å². The fourth-order valence-corrected chi connectivity index (χ4v) is 3.86. The monoisotopic (exact) mass is 553 g/mol. The van der Waals surface area contributed by atoms with Crippen LogP contribution < -0.4 is 32.3 Å². The van der Waals surface area contributed by atoms with E-state index < -0.39 is 48.7 Å². The lowest BCUT2D eigenvalue weighted by Gasteiger charge is -2.15. The third-order valence-corrected chi connectivity index (χ3v) is 5.92. The lowest BCUT2D eigenvalue weighted by Crippen LogP contribution is -2.47. The highest BCUT2D eigenvalue weighted by Gasteiger charge is 2.24. The van der Waals surface area contributed by atoms with E-state index in [1.54, 1.807) is 24.3 Å². The first-order chi connectivity index (χ1) is 18.7. The number of aliphatic carboxylic acids is 1. The zero-order chi connectivity index (χ0) is 28.2. The van der Waals surface area contributed by atoms with Gasteiger partial charge in [-0.15, -0.1) is 11.3 Å². The maximum atomic E-state index is 12.3. The molecule has 39 heavy (non-hydrogen) atoms. The molecule has 2 aromatic carbocycles. The predicted molar refractivity (Wildman–Crippen MR) is 144 cm³/mol. The van der Waals surface area contributed by atoms with Crippen LogP contribution in [-0.4, -0.2) is 52.4 Å². The van der Waals surface area contributed by atoms with Gasteiger partial charge in [-0.05, 0) is 23.3 Å². The Hall–Kier alpha value is -4.82. The van der Waals surface area contributed by atoms with Gasteiger partial charge in [-0.25, -0.2) is 14.6 Å². The van der Waals surface area contributed by atoms with Crippen LogP contribution in [0.15, 0.2) is 60.0 Å². The number of carboxylic acids is 1. The number of nitrogens with two attached hydrogens (primary N) is 1. The van der Waals surface area contributed by atoms with Gasteiger partial charge in [0.1, 0.15) is 11.7 Å². The van der Waals surface area contributed by atoms with Gasteiger partial charge in [0.15, 0.2) is 5.13 Å². The van der Waals surface area contributed by atoms with Gasteiger partial charge in [0.2, 0.25) is 11.8 Å². The van der Waals surface area contributed by atoms with Crippen molar-refractivity contribution in [1.29, 1.82) is 0 Å². The van der Waals surface area contributed by atoms with Crippen molar-refractivity contribution < 1.29 is 29.1 Å². The SMILES string of the molecule is NCc1ccc(NC(=O)C[C@H](NC(=O)CNC(=O)c2csc(NC(=O)NCc3ccccc3)n2)C(=O)O)cc1. The number of amides is 5. The highest BCUT2D eigenvalue weighted by atomic mass is 32.1. The van der Waals surface area contributed by atoms with Crippen LogP contribution in [-0.2, 0) is 27.5 Å². The van der Waals surface area contributed by atoms with Crippen molar-refractivity contribution in [2.24, 2.45) is 5.73 Å².